The van der Waals surface area contributed by atoms with Gasteiger partial charge in [-0.15, -0.1) is 0 Å². The van der Waals surface area contributed by atoms with Crippen LogP contribution in [0.3, 0.4) is 0 Å². The van der Waals surface area contributed by atoms with Gasteiger partial charge in [-0.25, -0.2) is 9.97 Å². The quantitative estimate of drug-likeness (QED) is 0.775. The smallest absolute Gasteiger partial charge is 0.225 e. The van der Waals surface area contributed by atoms with Crippen LogP contribution in [0.1, 0.15) is 26.2 Å². The maximum atomic E-state index is 12.4. The van der Waals surface area contributed by atoms with Crippen LogP contribution >= 0.6 is 0 Å². The van der Waals surface area contributed by atoms with E-state index in [2.05, 4.69) is 25.1 Å². The first kappa shape index (κ1) is 19.5. The molecule has 0 aliphatic carbocycles. The standard InChI is InChI=1S/C19H30N6O2/c1-2-17(26)25-9-3-5-16(15-25)18(27)20-8-10-23-11-13-24(14-12-23)19-21-6-4-7-22-19/h4,6-7,16H,2-3,5,8-15H2,1H3,(H,20,27). The topological polar surface area (TPSA) is 81.7 Å². The number of aromatic nitrogens is 2. The number of rotatable bonds is 6. The highest BCUT2D eigenvalue weighted by Crippen LogP contribution is 2.17. The molecule has 2 saturated heterocycles. The molecule has 1 unspecified atom stereocenters. The Morgan fingerprint density at radius 2 is 1.89 bits per heavy atom. The molecule has 3 heterocycles. The van der Waals surface area contributed by atoms with E-state index < -0.39 is 0 Å². The number of piperidine rings is 1. The number of piperazine rings is 1. The minimum Gasteiger partial charge on any atom is -0.355 e. The molecule has 1 aromatic heterocycles. The van der Waals surface area contributed by atoms with Gasteiger partial charge in [0.25, 0.3) is 0 Å². The molecule has 148 valence electrons. The van der Waals surface area contributed by atoms with E-state index in [1.165, 1.54) is 0 Å². The molecule has 1 N–H and O–H groups in total. The van der Waals surface area contributed by atoms with E-state index in [0.29, 0.717) is 19.5 Å². The number of nitrogens with one attached hydrogen (secondary N) is 1. The van der Waals surface area contributed by atoms with Crippen molar-refractivity contribution in [3.63, 3.8) is 0 Å². The van der Waals surface area contributed by atoms with Crippen LogP contribution in [-0.4, -0.2) is 83.9 Å². The van der Waals surface area contributed by atoms with Crippen molar-refractivity contribution >= 4 is 17.8 Å². The molecule has 2 amide bonds. The summed E-state index contributed by atoms with van der Waals surface area (Å²) in [6.07, 6.45) is 5.83. The Morgan fingerprint density at radius 1 is 1.15 bits per heavy atom. The molecule has 1 aromatic rings. The molecule has 8 nitrogen and oxygen atoms in total. The predicted octanol–water partition coefficient (Wildman–Crippen LogP) is 0.363. The van der Waals surface area contributed by atoms with Gasteiger partial charge in [0.2, 0.25) is 17.8 Å². The average molecular weight is 374 g/mol. The summed E-state index contributed by atoms with van der Waals surface area (Å²) in [5, 5.41) is 3.06. The largest absolute Gasteiger partial charge is 0.355 e. The van der Waals surface area contributed by atoms with Crippen molar-refractivity contribution in [2.45, 2.75) is 26.2 Å². The van der Waals surface area contributed by atoms with E-state index in [1.807, 2.05) is 17.9 Å². The van der Waals surface area contributed by atoms with Crippen molar-refractivity contribution in [2.75, 3.05) is 57.3 Å². The van der Waals surface area contributed by atoms with E-state index in [9.17, 15) is 9.59 Å². The van der Waals surface area contributed by atoms with Gasteiger partial charge < -0.3 is 15.1 Å². The lowest BCUT2D eigenvalue weighted by Crippen LogP contribution is -2.50. The van der Waals surface area contributed by atoms with Crippen LogP contribution in [-0.2, 0) is 9.59 Å². The number of likely N-dealkylation sites (tertiary alicyclic amines) is 1. The van der Waals surface area contributed by atoms with Crippen LogP contribution in [0, 0.1) is 5.92 Å². The van der Waals surface area contributed by atoms with Crippen molar-refractivity contribution < 1.29 is 9.59 Å². The summed E-state index contributed by atoms with van der Waals surface area (Å²) >= 11 is 0. The van der Waals surface area contributed by atoms with Crippen LogP contribution in [0.15, 0.2) is 18.5 Å². The molecule has 2 aliphatic heterocycles. The van der Waals surface area contributed by atoms with Crippen LogP contribution in [0.25, 0.3) is 0 Å². The summed E-state index contributed by atoms with van der Waals surface area (Å²) in [4.78, 5) is 39.3. The minimum atomic E-state index is -0.0682. The lowest BCUT2D eigenvalue weighted by Gasteiger charge is -2.35. The maximum Gasteiger partial charge on any atom is 0.225 e. The lowest BCUT2D eigenvalue weighted by atomic mass is 9.97. The van der Waals surface area contributed by atoms with Gasteiger partial charge in [0.1, 0.15) is 0 Å². The van der Waals surface area contributed by atoms with E-state index in [0.717, 1.165) is 58.1 Å². The Labute approximate surface area is 160 Å². The second-order valence-corrected chi connectivity index (χ2v) is 7.20. The zero-order chi connectivity index (χ0) is 19.1. The fraction of sp³-hybridized carbons (Fsp3) is 0.684. The van der Waals surface area contributed by atoms with E-state index in [4.69, 9.17) is 0 Å². The fourth-order valence-electron chi connectivity index (χ4n) is 3.75. The van der Waals surface area contributed by atoms with Gasteiger partial charge in [0.15, 0.2) is 0 Å². The molecule has 0 spiro atoms. The van der Waals surface area contributed by atoms with Crippen LogP contribution in [0.4, 0.5) is 5.95 Å². The predicted molar refractivity (Wildman–Crippen MR) is 103 cm³/mol. The van der Waals surface area contributed by atoms with Crippen molar-refractivity contribution in [1.82, 2.24) is 25.1 Å². The normalized spacial score (nSPS) is 21.1. The Hall–Kier alpha value is -2.22. The van der Waals surface area contributed by atoms with Gasteiger partial charge in [0, 0.05) is 71.2 Å². The van der Waals surface area contributed by atoms with E-state index in [1.54, 1.807) is 12.4 Å². The second kappa shape index (κ2) is 9.64. The molecule has 3 rings (SSSR count). The Morgan fingerprint density at radius 3 is 2.59 bits per heavy atom. The molecule has 8 heteroatoms. The summed E-state index contributed by atoms with van der Waals surface area (Å²) in [6.45, 7) is 8.39. The Kier molecular flexibility index (Phi) is 6.98. The number of hydrogen-bond donors (Lipinski definition) is 1. The third-order valence-electron chi connectivity index (χ3n) is 5.38. The lowest BCUT2D eigenvalue weighted by molar-refractivity contribution is -0.135. The molecule has 0 aromatic carbocycles. The molecular formula is C19H30N6O2. The highest BCUT2D eigenvalue weighted by atomic mass is 16.2. The highest BCUT2D eigenvalue weighted by molar-refractivity contribution is 5.81. The number of carbonyl (C=O) groups is 2. The van der Waals surface area contributed by atoms with E-state index in [-0.39, 0.29) is 17.7 Å². The molecule has 0 bridgehead atoms. The first-order valence-electron chi connectivity index (χ1n) is 9.97. The third kappa shape index (κ3) is 5.38. The first-order valence-corrected chi connectivity index (χ1v) is 9.97. The summed E-state index contributed by atoms with van der Waals surface area (Å²) in [5.41, 5.74) is 0. The average Bonchev–Trinajstić information content (AvgIpc) is 2.74. The summed E-state index contributed by atoms with van der Waals surface area (Å²) in [7, 11) is 0. The summed E-state index contributed by atoms with van der Waals surface area (Å²) < 4.78 is 0. The van der Waals surface area contributed by atoms with E-state index >= 15 is 0 Å². The highest BCUT2D eigenvalue weighted by Gasteiger charge is 2.27. The van der Waals surface area contributed by atoms with Gasteiger partial charge in [-0.1, -0.05) is 6.92 Å². The van der Waals surface area contributed by atoms with Gasteiger partial charge >= 0.3 is 0 Å². The molecule has 2 fully saturated rings. The number of amides is 2. The minimum absolute atomic E-state index is 0.0682. The number of carbonyl (C=O) groups excluding carboxylic acids is 2. The second-order valence-electron chi connectivity index (χ2n) is 7.20. The van der Waals surface area contributed by atoms with Gasteiger partial charge in [-0.05, 0) is 18.9 Å². The van der Waals surface area contributed by atoms with Crippen molar-refractivity contribution in [2.24, 2.45) is 5.92 Å². The fourth-order valence-corrected chi connectivity index (χ4v) is 3.75. The number of anilines is 1. The van der Waals surface area contributed by atoms with Crippen LogP contribution in [0.5, 0.6) is 0 Å². The molecule has 0 saturated carbocycles. The zero-order valence-corrected chi connectivity index (χ0v) is 16.1. The van der Waals surface area contributed by atoms with Crippen molar-refractivity contribution in [3.8, 4) is 0 Å². The molecule has 27 heavy (non-hydrogen) atoms. The maximum absolute atomic E-state index is 12.4. The molecule has 2 aliphatic rings. The third-order valence-corrected chi connectivity index (χ3v) is 5.38. The monoisotopic (exact) mass is 374 g/mol. The van der Waals surface area contributed by atoms with Gasteiger partial charge in [-0.2, -0.15) is 0 Å². The molecular weight excluding hydrogens is 344 g/mol. The Balaban J connectivity index is 1.35. The van der Waals surface area contributed by atoms with Gasteiger partial charge in [0.05, 0.1) is 5.92 Å². The van der Waals surface area contributed by atoms with Crippen LogP contribution in [0.2, 0.25) is 0 Å². The SMILES string of the molecule is CCC(=O)N1CCCC(C(=O)NCCN2CCN(c3ncccn3)CC2)C1. The number of nitrogens with zero attached hydrogens (tertiary/aromatic N) is 5. The molecule has 0 radical (unpaired) electrons. The Bertz CT molecular complexity index is 618. The zero-order valence-electron chi connectivity index (χ0n) is 16.1. The van der Waals surface area contributed by atoms with Gasteiger partial charge in [-0.3, -0.25) is 14.5 Å². The summed E-state index contributed by atoms with van der Waals surface area (Å²) in [5.74, 6) is 0.947. The van der Waals surface area contributed by atoms with Crippen molar-refractivity contribution in [1.29, 1.82) is 0 Å². The summed E-state index contributed by atoms with van der Waals surface area (Å²) in [6, 6.07) is 1.83. The van der Waals surface area contributed by atoms with Crippen LogP contribution < -0.4 is 10.2 Å². The first-order chi connectivity index (χ1) is 13.2. The number of hydrogen-bond acceptors (Lipinski definition) is 6. The molecule has 1 atom stereocenters. The van der Waals surface area contributed by atoms with Crippen molar-refractivity contribution in [3.05, 3.63) is 18.5 Å².